The molecule has 1 amide bonds. The molecule has 1 aliphatic rings. The molecule has 8 heteroatoms. The summed E-state index contributed by atoms with van der Waals surface area (Å²) in [5.41, 5.74) is 1.16. The molecule has 1 N–H and O–H groups in total. The minimum absolute atomic E-state index is 0.0532. The fourth-order valence-electron chi connectivity index (χ4n) is 2.32. The summed E-state index contributed by atoms with van der Waals surface area (Å²) in [6.45, 7) is 0.341. The standard InChI is InChI=1S/C18H15Cl2NO5/c19-13-3-1-12(2-4-13)18(23)21-6-5-16(22)24-9-11-7-14(20)17-15(8-11)25-10-26-17/h1-4,7-8H,5-6,9-10H2,(H,21,23). The Morgan fingerprint density at radius 3 is 2.65 bits per heavy atom. The second kappa shape index (κ2) is 8.29. The van der Waals surface area contributed by atoms with Gasteiger partial charge >= 0.3 is 5.97 Å². The lowest BCUT2D eigenvalue weighted by Crippen LogP contribution is -2.26. The molecule has 0 atom stereocenters. The zero-order valence-corrected chi connectivity index (χ0v) is 15.1. The highest BCUT2D eigenvalue weighted by Gasteiger charge is 2.18. The van der Waals surface area contributed by atoms with E-state index in [1.54, 1.807) is 36.4 Å². The summed E-state index contributed by atoms with van der Waals surface area (Å²) in [5, 5.41) is 3.60. The summed E-state index contributed by atoms with van der Waals surface area (Å²) in [7, 11) is 0. The van der Waals surface area contributed by atoms with Crippen LogP contribution >= 0.6 is 23.2 Å². The predicted molar refractivity (Wildman–Crippen MR) is 95.8 cm³/mol. The minimum atomic E-state index is -0.435. The largest absolute Gasteiger partial charge is 0.461 e. The van der Waals surface area contributed by atoms with Crippen LogP contribution in [0.1, 0.15) is 22.3 Å². The summed E-state index contributed by atoms with van der Waals surface area (Å²) in [6.07, 6.45) is 0.0532. The molecule has 0 saturated carbocycles. The van der Waals surface area contributed by atoms with Gasteiger partial charge in [0.2, 0.25) is 6.79 Å². The Kier molecular flexibility index (Phi) is 5.85. The van der Waals surface area contributed by atoms with Crippen molar-refractivity contribution in [3.05, 3.63) is 57.6 Å². The summed E-state index contributed by atoms with van der Waals surface area (Å²) in [4.78, 5) is 23.7. The van der Waals surface area contributed by atoms with Crippen molar-refractivity contribution >= 4 is 35.1 Å². The number of halogens is 2. The number of nitrogens with one attached hydrogen (secondary N) is 1. The smallest absolute Gasteiger partial charge is 0.307 e. The van der Waals surface area contributed by atoms with Crippen LogP contribution in [0.5, 0.6) is 11.5 Å². The van der Waals surface area contributed by atoms with E-state index in [0.717, 1.165) is 0 Å². The van der Waals surface area contributed by atoms with Gasteiger partial charge < -0.3 is 19.5 Å². The Hall–Kier alpha value is -2.44. The maximum absolute atomic E-state index is 11.9. The number of benzene rings is 2. The van der Waals surface area contributed by atoms with Crippen molar-refractivity contribution < 1.29 is 23.8 Å². The maximum atomic E-state index is 11.9. The number of rotatable bonds is 6. The molecule has 1 aliphatic heterocycles. The van der Waals surface area contributed by atoms with Crippen LogP contribution in [0.25, 0.3) is 0 Å². The van der Waals surface area contributed by atoms with Crippen molar-refractivity contribution in [2.45, 2.75) is 13.0 Å². The highest BCUT2D eigenvalue weighted by atomic mass is 35.5. The van der Waals surface area contributed by atoms with E-state index in [4.69, 9.17) is 37.4 Å². The van der Waals surface area contributed by atoms with Gasteiger partial charge in [-0.15, -0.1) is 0 Å². The van der Waals surface area contributed by atoms with Gasteiger partial charge in [-0.1, -0.05) is 23.2 Å². The molecule has 6 nitrogen and oxygen atoms in total. The average Bonchev–Trinajstić information content (AvgIpc) is 3.09. The van der Waals surface area contributed by atoms with Crippen LogP contribution in [-0.4, -0.2) is 25.2 Å². The number of carbonyl (C=O) groups excluding carboxylic acids is 2. The maximum Gasteiger partial charge on any atom is 0.307 e. The van der Waals surface area contributed by atoms with Crippen LogP contribution in [0, 0.1) is 0 Å². The van der Waals surface area contributed by atoms with Gasteiger partial charge in [-0.05, 0) is 42.0 Å². The molecular formula is C18H15Cl2NO5. The van der Waals surface area contributed by atoms with E-state index in [9.17, 15) is 9.59 Å². The molecule has 0 aromatic heterocycles. The molecule has 0 radical (unpaired) electrons. The summed E-state index contributed by atoms with van der Waals surface area (Å²) >= 11 is 11.8. The lowest BCUT2D eigenvalue weighted by Gasteiger charge is -2.08. The van der Waals surface area contributed by atoms with Crippen LogP contribution < -0.4 is 14.8 Å². The Morgan fingerprint density at radius 1 is 1.12 bits per heavy atom. The minimum Gasteiger partial charge on any atom is -0.461 e. The van der Waals surface area contributed by atoms with Crippen LogP contribution in [0.4, 0.5) is 0 Å². The molecule has 1 heterocycles. The molecule has 3 rings (SSSR count). The number of amides is 1. The number of esters is 1. The molecule has 0 bridgehead atoms. The quantitative estimate of drug-likeness (QED) is 0.756. The number of hydrogen-bond acceptors (Lipinski definition) is 5. The van der Waals surface area contributed by atoms with Gasteiger partial charge in [-0.3, -0.25) is 9.59 Å². The lowest BCUT2D eigenvalue weighted by molar-refractivity contribution is -0.144. The highest BCUT2D eigenvalue weighted by Crippen LogP contribution is 2.39. The first-order valence-electron chi connectivity index (χ1n) is 7.80. The fraction of sp³-hybridized carbons (Fsp3) is 0.222. The van der Waals surface area contributed by atoms with Crippen LogP contribution in [-0.2, 0) is 16.1 Å². The number of hydrogen-bond donors (Lipinski definition) is 1. The second-order valence-corrected chi connectivity index (χ2v) is 6.33. The van der Waals surface area contributed by atoms with Crippen LogP contribution in [0.3, 0.4) is 0 Å². The van der Waals surface area contributed by atoms with Crippen molar-refractivity contribution in [2.24, 2.45) is 0 Å². The number of carbonyl (C=O) groups is 2. The van der Waals surface area contributed by atoms with Crippen LogP contribution in [0.2, 0.25) is 10.0 Å². The van der Waals surface area contributed by atoms with E-state index in [1.807, 2.05) is 0 Å². The number of ether oxygens (including phenoxy) is 3. The predicted octanol–water partition coefficient (Wildman–Crippen LogP) is 3.59. The Labute approximate surface area is 159 Å². The van der Waals surface area contributed by atoms with Crippen LogP contribution in [0.15, 0.2) is 36.4 Å². The monoisotopic (exact) mass is 395 g/mol. The van der Waals surface area contributed by atoms with Gasteiger partial charge in [-0.2, -0.15) is 0 Å². The van der Waals surface area contributed by atoms with E-state index in [0.29, 0.717) is 32.7 Å². The van der Waals surface area contributed by atoms with Crippen molar-refractivity contribution in [1.82, 2.24) is 5.32 Å². The third kappa shape index (κ3) is 4.59. The Balaban J connectivity index is 1.43. The van der Waals surface area contributed by atoms with E-state index < -0.39 is 5.97 Å². The molecule has 0 spiro atoms. The van der Waals surface area contributed by atoms with E-state index >= 15 is 0 Å². The third-order valence-electron chi connectivity index (χ3n) is 3.61. The van der Waals surface area contributed by atoms with E-state index in [1.165, 1.54) is 0 Å². The normalized spacial score (nSPS) is 11.9. The molecule has 0 unspecified atom stereocenters. The summed E-state index contributed by atoms with van der Waals surface area (Å²) in [5.74, 6) is 0.303. The first kappa shape index (κ1) is 18.4. The zero-order chi connectivity index (χ0) is 18.5. The molecule has 0 aliphatic carbocycles. The van der Waals surface area contributed by atoms with Gasteiger partial charge in [0.15, 0.2) is 11.5 Å². The zero-order valence-electron chi connectivity index (χ0n) is 13.6. The molecule has 0 fully saturated rings. The third-order valence-corrected chi connectivity index (χ3v) is 4.14. The topological polar surface area (TPSA) is 73.9 Å². The van der Waals surface area contributed by atoms with Gasteiger partial charge in [-0.25, -0.2) is 0 Å². The Bertz CT molecular complexity index is 823. The van der Waals surface area contributed by atoms with E-state index in [-0.39, 0.29) is 32.3 Å². The molecular weight excluding hydrogens is 381 g/mol. The van der Waals surface area contributed by atoms with Crippen molar-refractivity contribution in [2.75, 3.05) is 13.3 Å². The fourth-order valence-corrected chi connectivity index (χ4v) is 2.74. The second-order valence-electron chi connectivity index (χ2n) is 5.48. The van der Waals surface area contributed by atoms with Gasteiger partial charge in [0.05, 0.1) is 11.4 Å². The first-order valence-corrected chi connectivity index (χ1v) is 8.56. The molecule has 2 aromatic rings. The van der Waals surface area contributed by atoms with E-state index in [2.05, 4.69) is 5.32 Å². The number of fused-ring (bicyclic) bond motifs is 1. The van der Waals surface area contributed by atoms with Gasteiger partial charge in [0.25, 0.3) is 5.91 Å². The highest BCUT2D eigenvalue weighted by molar-refractivity contribution is 6.32. The summed E-state index contributed by atoms with van der Waals surface area (Å²) in [6, 6.07) is 9.84. The first-order chi connectivity index (χ1) is 12.5. The molecule has 26 heavy (non-hydrogen) atoms. The van der Waals surface area contributed by atoms with Crippen molar-refractivity contribution in [3.8, 4) is 11.5 Å². The van der Waals surface area contributed by atoms with Crippen molar-refractivity contribution in [3.63, 3.8) is 0 Å². The Morgan fingerprint density at radius 2 is 1.88 bits per heavy atom. The molecule has 136 valence electrons. The van der Waals surface area contributed by atoms with Gasteiger partial charge in [0, 0.05) is 17.1 Å². The SMILES string of the molecule is O=C(CCNC(=O)c1ccc(Cl)cc1)OCc1cc(Cl)c2c(c1)OCO2. The molecule has 2 aromatic carbocycles. The lowest BCUT2D eigenvalue weighted by atomic mass is 10.2. The van der Waals surface area contributed by atoms with Crippen molar-refractivity contribution in [1.29, 1.82) is 0 Å². The van der Waals surface area contributed by atoms with Gasteiger partial charge in [0.1, 0.15) is 6.61 Å². The average molecular weight is 396 g/mol. The summed E-state index contributed by atoms with van der Waals surface area (Å²) < 4.78 is 15.7. The molecule has 0 saturated heterocycles.